The molecule has 0 radical (unpaired) electrons. The number of rotatable bonds is 7. The van der Waals surface area contributed by atoms with Crippen LogP contribution < -0.4 is 5.32 Å². The maximum absolute atomic E-state index is 13.1. The number of hydrogen-bond acceptors (Lipinski definition) is 4. The molecule has 0 saturated heterocycles. The SMILES string of the molecule is O=C(Cn1cc(-c2ccc(F)cc2)cn1)NC(Cn1nccn1)c1ccccc1. The maximum atomic E-state index is 13.1. The van der Waals surface area contributed by atoms with Gasteiger partial charge in [0.2, 0.25) is 5.91 Å². The van der Waals surface area contributed by atoms with Crippen LogP contribution in [-0.4, -0.2) is 30.7 Å². The van der Waals surface area contributed by atoms with E-state index >= 15 is 0 Å². The van der Waals surface area contributed by atoms with Gasteiger partial charge < -0.3 is 5.32 Å². The van der Waals surface area contributed by atoms with Crippen LogP contribution in [0.25, 0.3) is 11.1 Å². The van der Waals surface area contributed by atoms with E-state index in [1.807, 2.05) is 30.3 Å². The van der Waals surface area contributed by atoms with Gasteiger partial charge in [-0.15, -0.1) is 0 Å². The highest BCUT2D eigenvalue weighted by atomic mass is 19.1. The molecule has 0 aliphatic rings. The van der Waals surface area contributed by atoms with E-state index in [4.69, 9.17) is 0 Å². The van der Waals surface area contributed by atoms with E-state index in [2.05, 4.69) is 20.6 Å². The molecule has 1 N–H and O–H groups in total. The summed E-state index contributed by atoms with van der Waals surface area (Å²) in [6, 6.07) is 15.6. The predicted octanol–water partition coefficient (Wildman–Crippen LogP) is 2.84. The molecule has 1 atom stereocenters. The molecule has 7 nitrogen and oxygen atoms in total. The summed E-state index contributed by atoms with van der Waals surface area (Å²) in [4.78, 5) is 14.2. The monoisotopic (exact) mass is 390 g/mol. The second kappa shape index (κ2) is 8.47. The summed E-state index contributed by atoms with van der Waals surface area (Å²) < 4.78 is 14.6. The van der Waals surface area contributed by atoms with Crippen molar-refractivity contribution in [2.45, 2.75) is 19.1 Å². The van der Waals surface area contributed by atoms with Gasteiger partial charge in [-0.3, -0.25) is 9.48 Å². The number of carbonyl (C=O) groups excluding carboxylic acids is 1. The summed E-state index contributed by atoms with van der Waals surface area (Å²) in [6.07, 6.45) is 6.62. The Kier molecular flexibility index (Phi) is 5.42. The third-order valence-electron chi connectivity index (χ3n) is 4.47. The maximum Gasteiger partial charge on any atom is 0.242 e. The number of aromatic nitrogens is 5. The van der Waals surface area contributed by atoms with Gasteiger partial charge in [0, 0.05) is 11.8 Å². The van der Waals surface area contributed by atoms with Gasteiger partial charge in [-0.05, 0) is 23.3 Å². The molecular formula is C21H19FN6O. The van der Waals surface area contributed by atoms with Crippen LogP contribution in [0, 0.1) is 5.82 Å². The van der Waals surface area contributed by atoms with E-state index in [-0.39, 0.29) is 24.3 Å². The van der Waals surface area contributed by atoms with Crippen LogP contribution in [0.15, 0.2) is 79.4 Å². The average molecular weight is 390 g/mol. The molecule has 0 aliphatic heterocycles. The van der Waals surface area contributed by atoms with Crippen LogP contribution in [-0.2, 0) is 17.9 Å². The van der Waals surface area contributed by atoms with Crippen molar-refractivity contribution in [1.82, 2.24) is 30.1 Å². The third-order valence-corrected chi connectivity index (χ3v) is 4.47. The van der Waals surface area contributed by atoms with E-state index in [0.29, 0.717) is 6.54 Å². The van der Waals surface area contributed by atoms with Crippen molar-refractivity contribution in [3.63, 3.8) is 0 Å². The Morgan fingerprint density at radius 2 is 1.69 bits per heavy atom. The quantitative estimate of drug-likeness (QED) is 0.526. The molecule has 2 aromatic heterocycles. The molecule has 1 amide bonds. The van der Waals surface area contributed by atoms with E-state index in [9.17, 15) is 9.18 Å². The largest absolute Gasteiger partial charge is 0.346 e. The minimum absolute atomic E-state index is 0.0665. The zero-order valence-electron chi connectivity index (χ0n) is 15.5. The molecule has 1 unspecified atom stereocenters. The number of nitrogens with zero attached hydrogens (tertiary/aromatic N) is 5. The second-order valence-electron chi connectivity index (χ2n) is 6.55. The number of hydrogen-bond donors (Lipinski definition) is 1. The Labute approximate surface area is 166 Å². The normalized spacial score (nSPS) is 11.9. The molecule has 0 spiro atoms. The van der Waals surface area contributed by atoms with Crippen LogP contribution in [0.1, 0.15) is 11.6 Å². The molecule has 0 aliphatic carbocycles. The van der Waals surface area contributed by atoms with E-state index in [1.54, 1.807) is 46.4 Å². The summed E-state index contributed by atoms with van der Waals surface area (Å²) in [5, 5.41) is 15.5. The summed E-state index contributed by atoms with van der Waals surface area (Å²) in [5.74, 6) is -0.473. The van der Waals surface area contributed by atoms with E-state index in [1.165, 1.54) is 12.1 Å². The lowest BCUT2D eigenvalue weighted by Crippen LogP contribution is -2.34. The smallest absolute Gasteiger partial charge is 0.242 e. The van der Waals surface area contributed by atoms with Gasteiger partial charge in [0.1, 0.15) is 12.4 Å². The summed E-state index contributed by atoms with van der Waals surface area (Å²) in [6.45, 7) is 0.486. The molecule has 2 aromatic carbocycles. The molecular weight excluding hydrogens is 371 g/mol. The zero-order chi connectivity index (χ0) is 20.1. The zero-order valence-corrected chi connectivity index (χ0v) is 15.5. The highest BCUT2D eigenvalue weighted by molar-refractivity contribution is 5.76. The number of carbonyl (C=O) groups is 1. The number of halogens is 1. The lowest BCUT2D eigenvalue weighted by Gasteiger charge is -2.18. The van der Waals surface area contributed by atoms with Crippen LogP contribution in [0.5, 0.6) is 0 Å². The number of amides is 1. The average Bonchev–Trinajstić information content (AvgIpc) is 3.41. The first-order valence-electron chi connectivity index (χ1n) is 9.14. The summed E-state index contributed by atoms with van der Waals surface area (Å²) >= 11 is 0. The van der Waals surface area contributed by atoms with Crippen molar-refractivity contribution < 1.29 is 9.18 Å². The van der Waals surface area contributed by atoms with Crippen molar-refractivity contribution in [2.75, 3.05) is 0 Å². The van der Waals surface area contributed by atoms with Crippen LogP contribution in [0.3, 0.4) is 0 Å². The molecule has 2 heterocycles. The van der Waals surface area contributed by atoms with Crippen molar-refractivity contribution >= 4 is 5.91 Å². The molecule has 8 heteroatoms. The Bertz CT molecular complexity index is 1060. The lowest BCUT2D eigenvalue weighted by atomic mass is 10.1. The fourth-order valence-corrected chi connectivity index (χ4v) is 3.05. The lowest BCUT2D eigenvalue weighted by molar-refractivity contribution is -0.122. The fraction of sp³-hybridized carbons (Fsp3) is 0.143. The molecule has 4 aromatic rings. The van der Waals surface area contributed by atoms with E-state index in [0.717, 1.165) is 16.7 Å². The minimum atomic E-state index is -0.292. The molecule has 0 fully saturated rings. The van der Waals surface area contributed by atoms with Crippen molar-refractivity contribution in [3.05, 3.63) is 90.8 Å². The van der Waals surface area contributed by atoms with Gasteiger partial charge in [0.05, 0.1) is 31.2 Å². The first-order chi connectivity index (χ1) is 14.2. The molecule has 146 valence electrons. The van der Waals surface area contributed by atoms with Gasteiger partial charge in [0.15, 0.2) is 0 Å². The molecule has 4 rings (SSSR count). The third kappa shape index (κ3) is 4.73. The van der Waals surface area contributed by atoms with Crippen LogP contribution >= 0.6 is 0 Å². The molecule has 29 heavy (non-hydrogen) atoms. The van der Waals surface area contributed by atoms with Crippen LogP contribution in [0.4, 0.5) is 4.39 Å². The van der Waals surface area contributed by atoms with Gasteiger partial charge in [-0.2, -0.15) is 20.1 Å². The Morgan fingerprint density at radius 3 is 2.41 bits per heavy atom. The van der Waals surface area contributed by atoms with E-state index < -0.39 is 0 Å². The minimum Gasteiger partial charge on any atom is -0.346 e. The van der Waals surface area contributed by atoms with Gasteiger partial charge in [0.25, 0.3) is 0 Å². The standard InChI is InChI=1S/C21H19FN6O/c22-19-8-6-16(7-9-19)18-12-25-27(13-18)15-21(29)26-20(14-28-23-10-11-24-28)17-4-2-1-3-5-17/h1-13,20H,14-15H2,(H,26,29). The Hall–Kier alpha value is -3.81. The number of nitrogens with one attached hydrogen (secondary N) is 1. The molecule has 0 saturated carbocycles. The van der Waals surface area contributed by atoms with Crippen molar-refractivity contribution in [1.29, 1.82) is 0 Å². The highest BCUT2D eigenvalue weighted by Gasteiger charge is 2.17. The van der Waals surface area contributed by atoms with Gasteiger partial charge in [-0.25, -0.2) is 4.39 Å². The first kappa shape index (κ1) is 18.5. The summed E-state index contributed by atoms with van der Waals surface area (Å²) in [7, 11) is 0. The van der Waals surface area contributed by atoms with Gasteiger partial charge in [-0.1, -0.05) is 42.5 Å². The van der Waals surface area contributed by atoms with Crippen molar-refractivity contribution in [2.24, 2.45) is 0 Å². The van der Waals surface area contributed by atoms with Crippen LogP contribution in [0.2, 0.25) is 0 Å². The van der Waals surface area contributed by atoms with Gasteiger partial charge >= 0.3 is 0 Å². The summed E-state index contributed by atoms with van der Waals surface area (Å²) in [5.41, 5.74) is 2.62. The van der Waals surface area contributed by atoms with Crippen molar-refractivity contribution in [3.8, 4) is 11.1 Å². The Morgan fingerprint density at radius 1 is 0.966 bits per heavy atom. The second-order valence-corrected chi connectivity index (χ2v) is 6.55. The first-order valence-corrected chi connectivity index (χ1v) is 9.14. The highest BCUT2D eigenvalue weighted by Crippen LogP contribution is 2.19. The topological polar surface area (TPSA) is 77.6 Å². The predicted molar refractivity (Wildman–Crippen MR) is 105 cm³/mol. The Balaban J connectivity index is 1.45. The number of benzene rings is 2. The molecule has 0 bridgehead atoms. The fourth-order valence-electron chi connectivity index (χ4n) is 3.05.